The fourth-order valence-corrected chi connectivity index (χ4v) is 3.87. The monoisotopic (exact) mass is 434 g/mol. The van der Waals surface area contributed by atoms with E-state index in [1.807, 2.05) is 38.1 Å². The maximum atomic E-state index is 12.5. The van der Waals surface area contributed by atoms with Crippen molar-refractivity contribution in [3.05, 3.63) is 55.2 Å². The molecule has 0 radical (unpaired) electrons. The molecular formula is C18H19BrN4O2S. The third kappa shape index (κ3) is 3.81. The Morgan fingerprint density at radius 3 is 2.58 bits per heavy atom. The lowest BCUT2D eigenvalue weighted by atomic mass is 10.1. The van der Waals surface area contributed by atoms with E-state index in [4.69, 9.17) is 0 Å². The lowest BCUT2D eigenvalue weighted by Gasteiger charge is -2.10. The van der Waals surface area contributed by atoms with Gasteiger partial charge in [0.2, 0.25) is 5.91 Å². The van der Waals surface area contributed by atoms with Gasteiger partial charge in [-0.05, 0) is 31.5 Å². The highest BCUT2D eigenvalue weighted by atomic mass is 79.9. The van der Waals surface area contributed by atoms with Crippen LogP contribution >= 0.6 is 27.3 Å². The topological polar surface area (TPSA) is 68.9 Å². The number of amides is 1. The van der Waals surface area contributed by atoms with Gasteiger partial charge in [-0.25, -0.2) is 0 Å². The smallest absolute Gasteiger partial charge is 0.307 e. The lowest BCUT2D eigenvalue weighted by molar-refractivity contribution is -0.116. The van der Waals surface area contributed by atoms with Gasteiger partial charge in [0.1, 0.15) is 5.82 Å². The first-order valence-corrected chi connectivity index (χ1v) is 9.78. The quantitative estimate of drug-likeness (QED) is 0.664. The van der Waals surface area contributed by atoms with Crippen LogP contribution in [0.15, 0.2) is 38.9 Å². The van der Waals surface area contributed by atoms with Crippen LogP contribution in [0.4, 0.5) is 5.82 Å². The second-order valence-electron chi connectivity index (χ2n) is 6.03. The van der Waals surface area contributed by atoms with Crippen LogP contribution in [-0.2, 0) is 18.4 Å². The fraction of sp³-hybridized carbons (Fsp3) is 0.278. The summed E-state index contributed by atoms with van der Waals surface area (Å²) in [7, 11) is 1.80. The molecule has 3 aromatic rings. The molecule has 6 nitrogen and oxygen atoms in total. The number of anilines is 1. The van der Waals surface area contributed by atoms with E-state index in [0.29, 0.717) is 12.4 Å². The summed E-state index contributed by atoms with van der Waals surface area (Å²) < 4.78 is 4.28. The largest absolute Gasteiger partial charge is 0.310 e. The van der Waals surface area contributed by atoms with Gasteiger partial charge < -0.3 is 9.88 Å². The highest BCUT2D eigenvalue weighted by molar-refractivity contribution is 9.10. The standard InChI is InChI=1S/C18H19BrN4O2S/c1-11-10-26-18(25)23(11)9-8-15(24)20-17-16(12(2)21-22(17)3)13-4-6-14(19)7-5-13/h4-7,10H,8-9H2,1-3H3,(H,20,24). The summed E-state index contributed by atoms with van der Waals surface area (Å²) in [6.45, 7) is 4.15. The summed E-state index contributed by atoms with van der Waals surface area (Å²) in [6, 6.07) is 7.88. The molecule has 26 heavy (non-hydrogen) atoms. The number of aryl methyl sites for hydroxylation is 3. The van der Waals surface area contributed by atoms with Gasteiger partial charge in [-0.1, -0.05) is 39.4 Å². The minimum absolute atomic E-state index is 0.0396. The minimum Gasteiger partial charge on any atom is -0.310 e. The molecule has 0 unspecified atom stereocenters. The molecule has 0 atom stereocenters. The summed E-state index contributed by atoms with van der Waals surface area (Å²) in [5, 5.41) is 9.19. The van der Waals surface area contributed by atoms with Crippen molar-refractivity contribution in [3.8, 4) is 11.1 Å². The molecule has 0 aliphatic carbocycles. The number of hydrogen-bond acceptors (Lipinski definition) is 4. The first kappa shape index (κ1) is 18.6. The van der Waals surface area contributed by atoms with E-state index in [-0.39, 0.29) is 17.2 Å². The van der Waals surface area contributed by atoms with Gasteiger partial charge in [0.05, 0.1) is 5.69 Å². The molecule has 0 aliphatic rings. The summed E-state index contributed by atoms with van der Waals surface area (Å²) in [4.78, 5) is 24.2. The van der Waals surface area contributed by atoms with Crippen molar-refractivity contribution in [1.82, 2.24) is 14.3 Å². The van der Waals surface area contributed by atoms with Crippen LogP contribution in [0.5, 0.6) is 0 Å². The Kier molecular flexibility index (Phi) is 5.43. The Hall–Kier alpha value is -2.19. The highest BCUT2D eigenvalue weighted by Gasteiger charge is 2.17. The Bertz CT molecular complexity index is 1000. The van der Waals surface area contributed by atoms with Crippen LogP contribution in [0.1, 0.15) is 17.8 Å². The molecule has 1 amide bonds. The van der Waals surface area contributed by atoms with Gasteiger partial charge in [-0.2, -0.15) is 5.10 Å². The predicted molar refractivity (Wildman–Crippen MR) is 108 cm³/mol. The van der Waals surface area contributed by atoms with Gasteiger partial charge >= 0.3 is 4.87 Å². The summed E-state index contributed by atoms with van der Waals surface area (Å²) in [5.74, 6) is 0.507. The molecular weight excluding hydrogens is 416 g/mol. The number of carbonyl (C=O) groups excluding carboxylic acids is 1. The number of carbonyl (C=O) groups is 1. The van der Waals surface area contributed by atoms with Crippen molar-refractivity contribution < 1.29 is 4.79 Å². The Balaban J connectivity index is 1.80. The van der Waals surface area contributed by atoms with Crippen LogP contribution < -0.4 is 10.2 Å². The van der Waals surface area contributed by atoms with Crippen LogP contribution in [0.25, 0.3) is 11.1 Å². The fourth-order valence-electron chi connectivity index (χ4n) is 2.85. The van der Waals surface area contributed by atoms with Crippen molar-refractivity contribution in [2.45, 2.75) is 26.8 Å². The third-order valence-electron chi connectivity index (χ3n) is 4.15. The number of rotatable bonds is 5. The molecule has 0 bridgehead atoms. The lowest BCUT2D eigenvalue weighted by Crippen LogP contribution is -2.21. The van der Waals surface area contributed by atoms with Gasteiger partial charge in [-0.3, -0.25) is 14.3 Å². The zero-order valence-electron chi connectivity index (χ0n) is 14.7. The predicted octanol–water partition coefficient (Wildman–Crippen LogP) is 3.72. The Labute approximate surface area is 163 Å². The molecule has 0 fully saturated rings. The van der Waals surface area contributed by atoms with Crippen LogP contribution in [0.3, 0.4) is 0 Å². The van der Waals surface area contributed by atoms with Crippen molar-refractivity contribution in [3.63, 3.8) is 0 Å². The summed E-state index contributed by atoms with van der Waals surface area (Å²) in [6.07, 6.45) is 0.224. The molecule has 0 saturated carbocycles. The van der Waals surface area contributed by atoms with E-state index < -0.39 is 0 Å². The molecule has 0 saturated heterocycles. The van der Waals surface area contributed by atoms with Crippen LogP contribution in [0, 0.1) is 13.8 Å². The van der Waals surface area contributed by atoms with Crippen molar-refractivity contribution in [2.75, 3.05) is 5.32 Å². The van der Waals surface area contributed by atoms with E-state index in [2.05, 4.69) is 26.3 Å². The normalized spacial score (nSPS) is 10.9. The number of nitrogens with one attached hydrogen (secondary N) is 1. The Morgan fingerprint density at radius 2 is 1.96 bits per heavy atom. The Morgan fingerprint density at radius 1 is 1.27 bits per heavy atom. The number of aromatic nitrogens is 3. The molecule has 1 aromatic carbocycles. The first-order chi connectivity index (χ1) is 12.4. The SMILES string of the molecule is Cc1nn(C)c(NC(=O)CCn2c(C)csc2=O)c1-c1ccc(Br)cc1. The van der Waals surface area contributed by atoms with Crippen LogP contribution in [-0.4, -0.2) is 20.3 Å². The molecule has 0 aliphatic heterocycles. The molecule has 3 rings (SSSR count). The van der Waals surface area contributed by atoms with E-state index in [0.717, 1.165) is 38.3 Å². The molecule has 0 spiro atoms. The third-order valence-corrected chi connectivity index (χ3v) is 5.56. The van der Waals surface area contributed by atoms with E-state index in [9.17, 15) is 9.59 Å². The van der Waals surface area contributed by atoms with E-state index >= 15 is 0 Å². The first-order valence-electron chi connectivity index (χ1n) is 8.11. The highest BCUT2D eigenvalue weighted by Crippen LogP contribution is 2.31. The molecule has 2 heterocycles. The zero-order valence-corrected chi connectivity index (χ0v) is 17.1. The molecule has 136 valence electrons. The van der Waals surface area contributed by atoms with Crippen molar-refractivity contribution in [2.24, 2.45) is 7.05 Å². The number of halogens is 1. The van der Waals surface area contributed by atoms with Crippen molar-refractivity contribution >= 4 is 39.0 Å². The van der Waals surface area contributed by atoms with Gasteiger partial charge in [0.25, 0.3) is 0 Å². The van der Waals surface area contributed by atoms with E-state index in [1.165, 1.54) is 0 Å². The number of hydrogen-bond donors (Lipinski definition) is 1. The summed E-state index contributed by atoms with van der Waals surface area (Å²) in [5.41, 5.74) is 3.60. The van der Waals surface area contributed by atoms with E-state index in [1.54, 1.807) is 21.7 Å². The molecule has 2 aromatic heterocycles. The number of nitrogens with zero attached hydrogens (tertiary/aromatic N) is 3. The molecule has 1 N–H and O–H groups in total. The number of benzene rings is 1. The minimum atomic E-state index is -0.149. The van der Waals surface area contributed by atoms with Gasteiger partial charge in [0.15, 0.2) is 0 Å². The van der Waals surface area contributed by atoms with Crippen LogP contribution in [0.2, 0.25) is 0 Å². The second kappa shape index (κ2) is 7.59. The van der Waals surface area contributed by atoms with Crippen molar-refractivity contribution in [1.29, 1.82) is 0 Å². The van der Waals surface area contributed by atoms with Gasteiger partial charge in [0, 0.05) is 41.1 Å². The maximum absolute atomic E-state index is 12.5. The average molecular weight is 435 g/mol. The zero-order chi connectivity index (χ0) is 18.8. The number of thiazole rings is 1. The second-order valence-corrected chi connectivity index (χ2v) is 7.77. The average Bonchev–Trinajstić information content (AvgIpc) is 3.05. The summed E-state index contributed by atoms with van der Waals surface area (Å²) >= 11 is 4.59. The van der Waals surface area contributed by atoms with Gasteiger partial charge in [-0.15, -0.1) is 0 Å². The molecule has 8 heteroatoms. The maximum Gasteiger partial charge on any atom is 0.307 e.